The molecule has 8 nitrogen and oxygen atoms in total. The second-order valence-corrected chi connectivity index (χ2v) is 7.64. The average molecular weight is 381 g/mol. The summed E-state index contributed by atoms with van der Waals surface area (Å²) in [7, 11) is -2.18. The predicted molar refractivity (Wildman–Crippen MR) is 101 cm³/mol. The number of nitrogens with zero attached hydrogens (tertiary/aromatic N) is 3. The molecule has 0 saturated carbocycles. The molecule has 0 aliphatic rings. The Bertz CT molecular complexity index is 1220. The van der Waals surface area contributed by atoms with Crippen molar-refractivity contribution in [1.29, 1.82) is 0 Å². The summed E-state index contributed by atoms with van der Waals surface area (Å²) in [5.74, 6) is 0.584. The number of nitrogens with one attached hydrogen (secondary N) is 1. The van der Waals surface area contributed by atoms with Crippen LogP contribution in [0.15, 0.2) is 64.3 Å². The number of aromatic nitrogens is 3. The van der Waals surface area contributed by atoms with Gasteiger partial charge < -0.3 is 10.2 Å². The van der Waals surface area contributed by atoms with Crippen molar-refractivity contribution in [2.45, 2.75) is 4.90 Å². The van der Waals surface area contributed by atoms with Gasteiger partial charge in [-0.15, -0.1) is 0 Å². The van der Waals surface area contributed by atoms with Gasteiger partial charge >= 0.3 is 0 Å². The van der Waals surface area contributed by atoms with E-state index in [0.29, 0.717) is 33.7 Å². The fourth-order valence-electron chi connectivity index (χ4n) is 2.66. The van der Waals surface area contributed by atoms with Gasteiger partial charge in [-0.2, -0.15) is 0 Å². The Labute approximate surface area is 155 Å². The highest BCUT2D eigenvalue weighted by molar-refractivity contribution is 7.89. The molecule has 0 aliphatic heterocycles. The van der Waals surface area contributed by atoms with Crippen molar-refractivity contribution >= 4 is 26.9 Å². The van der Waals surface area contributed by atoms with Crippen LogP contribution in [0.3, 0.4) is 0 Å². The van der Waals surface area contributed by atoms with Crippen LogP contribution in [0.25, 0.3) is 33.7 Å². The van der Waals surface area contributed by atoms with Gasteiger partial charge in [0.2, 0.25) is 15.9 Å². The number of pyridine rings is 2. The minimum absolute atomic E-state index is 0.161. The highest BCUT2D eigenvalue weighted by atomic mass is 32.2. The molecule has 0 atom stereocenters. The van der Waals surface area contributed by atoms with Crippen molar-refractivity contribution in [1.82, 2.24) is 19.7 Å². The van der Waals surface area contributed by atoms with Crippen LogP contribution in [0, 0.1) is 0 Å². The molecule has 0 fully saturated rings. The van der Waals surface area contributed by atoms with Crippen molar-refractivity contribution in [3.63, 3.8) is 0 Å². The summed E-state index contributed by atoms with van der Waals surface area (Å²) in [4.78, 5) is 12.8. The number of anilines is 1. The third-order valence-corrected chi connectivity index (χ3v) is 5.50. The van der Waals surface area contributed by atoms with Gasteiger partial charge in [0.25, 0.3) is 0 Å². The maximum Gasteiger partial charge on any atom is 0.240 e. The second-order valence-electron chi connectivity index (χ2n) is 5.75. The Hall–Kier alpha value is -3.30. The Morgan fingerprint density at radius 3 is 2.74 bits per heavy atom. The molecule has 1 aromatic carbocycles. The van der Waals surface area contributed by atoms with Gasteiger partial charge in [0, 0.05) is 24.0 Å². The van der Waals surface area contributed by atoms with Crippen LogP contribution < -0.4 is 10.5 Å². The van der Waals surface area contributed by atoms with E-state index >= 15 is 0 Å². The fraction of sp³-hybridized carbons (Fsp3) is 0.0556. The molecule has 4 aromatic rings. The quantitative estimate of drug-likeness (QED) is 0.556. The van der Waals surface area contributed by atoms with Crippen molar-refractivity contribution < 1.29 is 12.8 Å². The molecule has 3 aromatic heterocycles. The molecule has 0 radical (unpaired) electrons. The normalized spacial score (nSPS) is 11.7. The van der Waals surface area contributed by atoms with Crippen LogP contribution >= 0.6 is 0 Å². The molecular weight excluding hydrogens is 366 g/mol. The standard InChI is InChI=1S/C18H15N5O3S/c1-20-27(24,25)13-4-2-3-11(7-13)12-8-14(17(19)22-9-12)18-23-15-10-21-6-5-16(15)26-18/h2-10,20H,1H3,(H2,19,22). The van der Waals surface area contributed by atoms with Gasteiger partial charge in [0.15, 0.2) is 5.58 Å². The molecule has 0 spiro atoms. The lowest BCUT2D eigenvalue weighted by molar-refractivity contribution is 0.588. The molecule has 0 bridgehead atoms. The third-order valence-electron chi connectivity index (χ3n) is 4.09. The summed E-state index contributed by atoms with van der Waals surface area (Å²) < 4.78 is 32.1. The van der Waals surface area contributed by atoms with Crippen molar-refractivity contribution in [2.75, 3.05) is 12.8 Å². The van der Waals surface area contributed by atoms with Crippen LogP contribution in [0.5, 0.6) is 0 Å². The molecule has 0 saturated heterocycles. The first-order valence-electron chi connectivity index (χ1n) is 7.98. The molecule has 0 unspecified atom stereocenters. The number of nitrogen functional groups attached to an aromatic ring is 1. The van der Waals surface area contributed by atoms with Crippen LogP contribution in [-0.4, -0.2) is 30.4 Å². The van der Waals surface area contributed by atoms with Crippen LogP contribution in [0.4, 0.5) is 5.82 Å². The number of hydrogen-bond donors (Lipinski definition) is 2. The minimum atomic E-state index is -3.55. The molecular formula is C18H15N5O3S. The van der Waals surface area contributed by atoms with E-state index in [4.69, 9.17) is 10.2 Å². The first kappa shape index (κ1) is 17.1. The number of rotatable bonds is 4. The van der Waals surface area contributed by atoms with Gasteiger partial charge in [-0.1, -0.05) is 12.1 Å². The fourth-order valence-corrected chi connectivity index (χ4v) is 3.44. The summed E-state index contributed by atoms with van der Waals surface area (Å²) >= 11 is 0. The van der Waals surface area contributed by atoms with Crippen molar-refractivity contribution in [3.05, 3.63) is 55.0 Å². The lowest BCUT2D eigenvalue weighted by Gasteiger charge is -2.08. The summed E-state index contributed by atoms with van der Waals surface area (Å²) in [5.41, 5.74) is 9.10. The molecule has 3 N–H and O–H groups in total. The summed E-state index contributed by atoms with van der Waals surface area (Å²) in [6, 6.07) is 10.0. The van der Waals surface area contributed by atoms with Gasteiger partial charge in [-0.25, -0.2) is 23.1 Å². The van der Waals surface area contributed by atoms with Gasteiger partial charge in [-0.05, 0) is 30.8 Å². The van der Waals surface area contributed by atoms with Crippen LogP contribution in [-0.2, 0) is 10.0 Å². The maximum absolute atomic E-state index is 12.0. The first-order valence-corrected chi connectivity index (χ1v) is 9.47. The zero-order valence-corrected chi connectivity index (χ0v) is 15.1. The molecule has 0 aliphatic carbocycles. The van der Waals surface area contributed by atoms with Gasteiger partial charge in [-0.3, -0.25) is 4.98 Å². The van der Waals surface area contributed by atoms with Crippen molar-refractivity contribution in [3.8, 4) is 22.6 Å². The van der Waals surface area contributed by atoms with E-state index < -0.39 is 10.0 Å². The lowest BCUT2D eigenvalue weighted by Crippen LogP contribution is -2.18. The summed E-state index contributed by atoms with van der Waals surface area (Å²) in [6.07, 6.45) is 4.79. The molecule has 27 heavy (non-hydrogen) atoms. The summed E-state index contributed by atoms with van der Waals surface area (Å²) in [6.45, 7) is 0. The number of benzene rings is 1. The number of hydrogen-bond acceptors (Lipinski definition) is 7. The highest BCUT2D eigenvalue weighted by Gasteiger charge is 2.16. The molecule has 0 amide bonds. The predicted octanol–water partition coefficient (Wildman–Crippen LogP) is 2.44. The zero-order valence-electron chi connectivity index (χ0n) is 14.2. The molecule has 4 rings (SSSR count). The largest absolute Gasteiger partial charge is 0.436 e. The van der Waals surface area contributed by atoms with E-state index in [1.807, 2.05) is 0 Å². The molecule has 9 heteroatoms. The van der Waals surface area contributed by atoms with E-state index in [9.17, 15) is 8.42 Å². The number of oxazole rings is 1. The van der Waals surface area contributed by atoms with E-state index in [-0.39, 0.29) is 10.7 Å². The number of fused-ring (bicyclic) bond motifs is 1. The second kappa shape index (κ2) is 6.45. The Morgan fingerprint density at radius 2 is 1.96 bits per heavy atom. The SMILES string of the molecule is CNS(=O)(=O)c1cccc(-c2cnc(N)c(-c3nc4cnccc4o3)c2)c1. The first-order chi connectivity index (χ1) is 13.0. The van der Waals surface area contributed by atoms with Crippen LogP contribution in [0.1, 0.15) is 0 Å². The van der Waals surface area contributed by atoms with Gasteiger partial charge in [0.05, 0.1) is 16.7 Å². The van der Waals surface area contributed by atoms with E-state index in [1.165, 1.54) is 13.1 Å². The summed E-state index contributed by atoms with van der Waals surface area (Å²) in [5, 5.41) is 0. The smallest absolute Gasteiger partial charge is 0.240 e. The van der Waals surface area contributed by atoms with E-state index in [1.54, 1.807) is 48.9 Å². The number of nitrogens with two attached hydrogens (primary N) is 1. The monoisotopic (exact) mass is 381 g/mol. The third kappa shape index (κ3) is 3.14. The minimum Gasteiger partial charge on any atom is -0.436 e. The average Bonchev–Trinajstić information content (AvgIpc) is 3.12. The zero-order chi connectivity index (χ0) is 19.0. The Balaban J connectivity index is 1.82. The van der Waals surface area contributed by atoms with E-state index in [0.717, 1.165) is 0 Å². The molecule has 3 heterocycles. The van der Waals surface area contributed by atoms with E-state index in [2.05, 4.69) is 19.7 Å². The Kier molecular flexibility index (Phi) is 4.09. The van der Waals surface area contributed by atoms with Crippen molar-refractivity contribution in [2.24, 2.45) is 0 Å². The lowest BCUT2D eigenvalue weighted by atomic mass is 10.1. The topological polar surface area (TPSA) is 124 Å². The number of sulfonamides is 1. The van der Waals surface area contributed by atoms with Crippen LogP contribution in [0.2, 0.25) is 0 Å². The molecule has 136 valence electrons. The Morgan fingerprint density at radius 1 is 1.11 bits per heavy atom. The maximum atomic E-state index is 12.0. The van der Waals surface area contributed by atoms with Gasteiger partial charge in [0.1, 0.15) is 11.3 Å². The highest BCUT2D eigenvalue weighted by Crippen LogP contribution is 2.31.